The van der Waals surface area contributed by atoms with Crippen molar-refractivity contribution in [2.45, 2.75) is 25.3 Å². The number of carbonyl (C=O) groups is 2. The van der Waals surface area contributed by atoms with E-state index in [1.807, 2.05) is 24.3 Å². The number of benzene rings is 2. The van der Waals surface area contributed by atoms with E-state index in [0.717, 1.165) is 48.3 Å². The van der Waals surface area contributed by atoms with Gasteiger partial charge in [0.05, 0.1) is 28.5 Å². The van der Waals surface area contributed by atoms with Crippen LogP contribution >= 0.6 is 23.2 Å². The number of aromatic nitrogens is 3. The number of fused-ring (bicyclic) bond motifs is 1. The summed E-state index contributed by atoms with van der Waals surface area (Å²) in [7, 11) is 3.11. The fourth-order valence-corrected chi connectivity index (χ4v) is 7.49. The van der Waals surface area contributed by atoms with Crippen molar-refractivity contribution in [3.05, 3.63) is 91.8 Å². The number of anilines is 1. The van der Waals surface area contributed by atoms with Gasteiger partial charge in [0.1, 0.15) is 5.56 Å². The average molecular weight is 646 g/mol. The summed E-state index contributed by atoms with van der Waals surface area (Å²) >= 11 is 13.9. The number of halogens is 2. The maximum atomic E-state index is 12.9. The van der Waals surface area contributed by atoms with Crippen molar-refractivity contribution >= 4 is 40.7 Å². The summed E-state index contributed by atoms with van der Waals surface area (Å²) in [6, 6.07) is 14.6. The molecule has 230 valence electrons. The van der Waals surface area contributed by atoms with Crippen molar-refractivity contribution in [2.75, 3.05) is 32.1 Å². The lowest BCUT2D eigenvalue weighted by Gasteiger charge is -2.50. The normalized spacial score (nSPS) is 18.4. The van der Waals surface area contributed by atoms with Crippen LogP contribution < -0.4 is 20.9 Å². The number of amides is 2. The van der Waals surface area contributed by atoms with Crippen molar-refractivity contribution in [1.82, 2.24) is 25.0 Å². The lowest BCUT2D eigenvalue weighted by atomic mass is 9.77. The van der Waals surface area contributed by atoms with E-state index in [4.69, 9.17) is 32.9 Å². The predicted molar refractivity (Wildman–Crippen MR) is 172 cm³/mol. The number of ether oxygens (including phenoxy) is 1. The minimum Gasteiger partial charge on any atom is -0.481 e. The van der Waals surface area contributed by atoms with Crippen LogP contribution in [0.4, 0.5) is 5.69 Å². The molecule has 0 unspecified atom stereocenters. The molecule has 2 aliphatic heterocycles. The molecule has 3 aliphatic rings. The summed E-state index contributed by atoms with van der Waals surface area (Å²) in [5.74, 6) is 0.128. The molecule has 2 amide bonds. The number of carbonyl (C=O) groups excluding carboxylic acids is 2. The number of methoxy groups -OCH3 is 1. The molecule has 1 spiro atoms. The number of hydrogen-bond acceptors (Lipinski definition) is 7. The zero-order valence-corrected chi connectivity index (χ0v) is 26.2. The molecule has 4 heterocycles. The van der Waals surface area contributed by atoms with Crippen LogP contribution in [0, 0.1) is 5.41 Å². The first-order valence-electron chi connectivity index (χ1n) is 14.7. The largest absolute Gasteiger partial charge is 0.481 e. The van der Waals surface area contributed by atoms with Gasteiger partial charge < -0.3 is 15.4 Å². The first-order valence-corrected chi connectivity index (χ1v) is 15.4. The Kier molecular flexibility index (Phi) is 7.38. The van der Waals surface area contributed by atoms with Gasteiger partial charge in [0.2, 0.25) is 11.8 Å². The number of nitrogens with one attached hydrogen (secondary N) is 2. The summed E-state index contributed by atoms with van der Waals surface area (Å²) in [6.07, 6.45) is 3.83. The van der Waals surface area contributed by atoms with Crippen molar-refractivity contribution in [2.24, 2.45) is 12.5 Å². The predicted octanol–water partition coefficient (Wildman–Crippen LogP) is 4.89. The Labute approximate surface area is 269 Å². The van der Waals surface area contributed by atoms with Gasteiger partial charge in [-0.3, -0.25) is 19.3 Å². The molecule has 0 radical (unpaired) electrons. The van der Waals surface area contributed by atoms with Crippen LogP contribution in [0.15, 0.2) is 59.5 Å². The quantitative estimate of drug-likeness (QED) is 0.307. The van der Waals surface area contributed by atoms with Crippen LogP contribution in [0.5, 0.6) is 5.88 Å². The maximum absolute atomic E-state index is 12.9. The molecule has 12 heteroatoms. The van der Waals surface area contributed by atoms with Crippen molar-refractivity contribution in [3.63, 3.8) is 0 Å². The van der Waals surface area contributed by atoms with E-state index in [9.17, 15) is 14.4 Å². The third-order valence-corrected chi connectivity index (χ3v) is 9.91. The highest BCUT2D eigenvalue weighted by atomic mass is 35.5. The Balaban J connectivity index is 1.18. The van der Waals surface area contributed by atoms with Gasteiger partial charge in [-0.05, 0) is 36.6 Å². The number of aryl methyl sites for hydroxylation is 2. The number of rotatable bonds is 6. The van der Waals surface area contributed by atoms with E-state index in [0.29, 0.717) is 39.8 Å². The molecule has 0 bridgehead atoms. The SMILES string of the molecule is COc1nc(-c2cccc(-c3cccc(NC(=O)c4ccnn(C)c4=O)c3Cl)c2Cl)cc2c1[C@@H](N1CC3(CNC(=O)C3)C1)CC2. The van der Waals surface area contributed by atoms with E-state index < -0.39 is 11.5 Å². The van der Waals surface area contributed by atoms with Crippen LogP contribution in [0.1, 0.15) is 40.4 Å². The third kappa shape index (κ3) is 5.07. The third-order valence-electron chi connectivity index (χ3n) is 9.10. The van der Waals surface area contributed by atoms with Gasteiger partial charge >= 0.3 is 0 Å². The van der Waals surface area contributed by atoms with Gasteiger partial charge in [-0.15, -0.1) is 0 Å². The van der Waals surface area contributed by atoms with Crippen LogP contribution in [-0.2, 0) is 18.3 Å². The second-order valence-corrected chi connectivity index (χ2v) is 12.7. The highest BCUT2D eigenvalue weighted by Crippen LogP contribution is 2.49. The van der Waals surface area contributed by atoms with Crippen LogP contribution in [0.25, 0.3) is 22.4 Å². The first-order chi connectivity index (χ1) is 21.7. The fraction of sp³-hybridized carbons (Fsp3) is 0.303. The van der Waals surface area contributed by atoms with Crippen LogP contribution in [0.3, 0.4) is 0 Å². The second-order valence-electron chi connectivity index (χ2n) is 12.0. The second kappa shape index (κ2) is 11.3. The average Bonchev–Trinajstić information content (AvgIpc) is 3.62. The lowest BCUT2D eigenvalue weighted by molar-refractivity contribution is -0.121. The highest BCUT2D eigenvalue weighted by molar-refractivity contribution is 6.39. The molecule has 1 aliphatic carbocycles. The molecule has 45 heavy (non-hydrogen) atoms. The topological polar surface area (TPSA) is 118 Å². The Morgan fingerprint density at radius 1 is 1.07 bits per heavy atom. The van der Waals surface area contributed by atoms with Crippen molar-refractivity contribution in [3.8, 4) is 28.3 Å². The molecule has 10 nitrogen and oxygen atoms in total. The summed E-state index contributed by atoms with van der Waals surface area (Å²) in [5, 5.41) is 10.3. The first kappa shape index (κ1) is 29.5. The molecule has 4 aromatic rings. The molecule has 0 saturated carbocycles. The number of likely N-dealkylation sites (tertiary alicyclic amines) is 1. The van der Waals surface area contributed by atoms with E-state index in [2.05, 4.69) is 26.7 Å². The van der Waals surface area contributed by atoms with Gasteiger partial charge in [0, 0.05) is 73.0 Å². The van der Waals surface area contributed by atoms with Gasteiger partial charge in [-0.25, -0.2) is 9.67 Å². The summed E-state index contributed by atoms with van der Waals surface area (Å²) in [6.45, 7) is 2.51. The minimum absolute atomic E-state index is 0.0475. The number of pyridine rings is 1. The minimum atomic E-state index is -0.591. The zero-order chi connectivity index (χ0) is 31.5. The smallest absolute Gasteiger partial charge is 0.279 e. The van der Waals surface area contributed by atoms with Gasteiger partial charge in [0.15, 0.2) is 0 Å². The van der Waals surface area contributed by atoms with Crippen LogP contribution in [-0.4, -0.2) is 58.2 Å². The van der Waals surface area contributed by atoms with E-state index >= 15 is 0 Å². The maximum Gasteiger partial charge on any atom is 0.279 e. The molecule has 1 atom stereocenters. The lowest BCUT2D eigenvalue weighted by Crippen LogP contribution is -2.58. The molecular formula is C33H30Cl2N6O4. The number of nitrogens with zero attached hydrogens (tertiary/aromatic N) is 4. The van der Waals surface area contributed by atoms with Gasteiger partial charge in [-0.2, -0.15) is 5.10 Å². The highest BCUT2D eigenvalue weighted by Gasteiger charge is 2.51. The van der Waals surface area contributed by atoms with Crippen molar-refractivity contribution < 1.29 is 14.3 Å². The molecule has 2 N–H and O–H groups in total. The van der Waals surface area contributed by atoms with Gasteiger partial charge in [0.25, 0.3) is 11.5 Å². The van der Waals surface area contributed by atoms with E-state index in [1.54, 1.807) is 19.2 Å². The molecule has 2 saturated heterocycles. The Bertz CT molecular complexity index is 1940. The van der Waals surface area contributed by atoms with Gasteiger partial charge in [-0.1, -0.05) is 53.5 Å². The van der Waals surface area contributed by atoms with Crippen molar-refractivity contribution in [1.29, 1.82) is 0 Å². The number of hydrogen-bond donors (Lipinski definition) is 2. The molecule has 7 rings (SSSR count). The summed E-state index contributed by atoms with van der Waals surface area (Å²) in [5.41, 5.74) is 4.81. The summed E-state index contributed by atoms with van der Waals surface area (Å²) in [4.78, 5) is 44.5. The van der Waals surface area contributed by atoms with E-state index in [-0.39, 0.29) is 28.0 Å². The van der Waals surface area contributed by atoms with Crippen LogP contribution in [0.2, 0.25) is 10.0 Å². The summed E-state index contributed by atoms with van der Waals surface area (Å²) < 4.78 is 6.94. The Morgan fingerprint density at radius 2 is 1.80 bits per heavy atom. The standard InChI is InChI=1S/C33H30Cl2N6O4/c1-40-32(44)22(11-12-37-40)30(43)38-23-8-4-6-20(29(23)35)19-5-3-7-21(28(19)34)24-13-18-9-10-25(27(18)31(39-24)45-2)41-16-33(17-41)14-26(42)36-15-33/h3-8,11-13,25H,9-10,14-17H2,1-2H3,(H,36,42)(H,38,43)/t25-/m0/s1. The van der Waals surface area contributed by atoms with E-state index in [1.165, 1.54) is 24.9 Å². The zero-order valence-electron chi connectivity index (χ0n) is 24.7. The molecular weight excluding hydrogens is 615 g/mol. The molecule has 2 fully saturated rings. The Morgan fingerprint density at radius 3 is 2.53 bits per heavy atom. The Hall–Kier alpha value is -4.25. The molecule has 2 aromatic carbocycles. The monoisotopic (exact) mass is 644 g/mol. The molecule has 2 aromatic heterocycles. The fourth-order valence-electron chi connectivity index (χ4n) is 6.89.